The average molecular weight is 327 g/mol. The molecule has 1 fully saturated rings. The van der Waals surface area contributed by atoms with Crippen molar-refractivity contribution in [3.8, 4) is 0 Å². The summed E-state index contributed by atoms with van der Waals surface area (Å²) in [5.74, 6) is 0.848. The van der Waals surface area contributed by atoms with Gasteiger partial charge in [0.2, 0.25) is 5.91 Å². The standard InChI is InChI=1S/C19H25N3O2/c1-14-6-5-7-16(10-14)13-22-9-4-3-8-18(22)19(23)20-12-17-11-15(2)24-21-17/h5-7,10-11,18H,3-4,8-9,12-13H2,1-2H3,(H,20,23). The summed E-state index contributed by atoms with van der Waals surface area (Å²) in [5.41, 5.74) is 3.29. The third kappa shape index (κ3) is 4.23. The summed E-state index contributed by atoms with van der Waals surface area (Å²) in [6.07, 6.45) is 3.17. The molecule has 128 valence electrons. The van der Waals surface area contributed by atoms with E-state index in [0.29, 0.717) is 6.54 Å². The second-order valence-electron chi connectivity index (χ2n) is 6.62. The Morgan fingerprint density at radius 1 is 1.33 bits per heavy atom. The second kappa shape index (κ2) is 7.62. The number of benzene rings is 1. The minimum Gasteiger partial charge on any atom is -0.361 e. The van der Waals surface area contributed by atoms with Crippen molar-refractivity contribution in [1.29, 1.82) is 0 Å². The van der Waals surface area contributed by atoms with E-state index in [9.17, 15) is 4.79 Å². The SMILES string of the molecule is Cc1cccc(CN2CCCCC2C(=O)NCc2cc(C)on2)c1. The van der Waals surface area contributed by atoms with E-state index < -0.39 is 0 Å². The third-order valence-electron chi connectivity index (χ3n) is 4.50. The van der Waals surface area contributed by atoms with Gasteiger partial charge in [-0.25, -0.2) is 0 Å². The molecule has 5 heteroatoms. The predicted molar refractivity (Wildman–Crippen MR) is 92.3 cm³/mol. The van der Waals surface area contributed by atoms with E-state index in [2.05, 4.69) is 46.6 Å². The Morgan fingerprint density at radius 2 is 2.21 bits per heavy atom. The molecule has 0 saturated carbocycles. The molecule has 1 aliphatic heterocycles. The topological polar surface area (TPSA) is 58.4 Å². The van der Waals surface area contributed by atoms with Gasteiger partial charge in [0.15, 0.2) is 0 Å². The van der Waals surface area contributed by atoms with Gasteiger partial charge in [-0.15, -0.1) is 0 Å². The lowest BCUT2D eigenvalue weighted by Crippen LogP contribution is -2.48. The molecule has 1 aliphatic rings. The number of carbonyl (C=O) groups excluding carboxylic acids is 1. The number of likely N-dealkylation sites (tertiary alicyclic amines) is 1. The summed E-state index contributed by atoms with van der Waals surface area (Å²) in [7, 11) is 0. The van der Waals surface area contributed by atoms with Crippen molar-refractivity contribution in [2.45, 2.75) is 52.2 Å². The first-order valence-corrected chi connectivity index (χ1v) is 8.61. The zero-order valence-electron chi connectivity index (χ0n) is 14.4. The lowest BCUT2D eigenvalue weighted by Gasteiger charge is -2.34. The maximum absolute atomic E-state index is 12.6. The Hall–Kier alpha value is -2.14. The van der Waals surface area contributed by atoms with E-state index in [1.807, 2.05) is 13.0 Å². The quantitative estimate of drug-likeness (QED) is 0.917. The Kier molecular flexibility index (Phi) is 5.30. The normalized spacial score (nSPS) is 18.5. The van der Waals surface area contributed by atoms with Crippen LogP contribution in [0.2, 0.25) is 0 Å². The molecule has 24 heavy (non-hydrogen) atoms. The van der Waals surface area contributed by atoms with Crippen LogP contribution in [0.25, 0.3) is 0 Å². The fourth-order valence-corrected chi connectivity index (χ4v) is 3.32. The van der Waals surface area contributed by atoms with Crippen LogP contribution >= 0.6 is 0 Å². The molecule has 2 heterocycles. The van der Waals surface area contributed by atoms with Gasteiger partial charge in [0.1, 0.15) is 11.5 Å². The van der Waals surface area contributed by atoms with Crippen LogP contribution in [0.1, 0.15) is 41.8 Å². The van der Waals surface area contributed by atoms with Gasteiger partial charge in [0.05, 0.1) is 12.6 Å². The van der Waals surface area contributed by atoms with E-state index >= 15 is 0 Å². The maximum atomic E-state index is 12.6. The molecule has 3 rings (SSSR count). The number of aryl methyl sites for hydroxylation is 2. The molecular weight excluding hydrogens is 302 g/mol. The number of aromatic nitrogens is 1. The van der Waals surface area contributed by atoms with Crippen molar-refractivity contribution in [2.24, 2.45) is 0 Å². The number of carbonyl (C=O) groups is 1. The van der Waals surface area contributed by atoms with Gasteiger partial charge in [0, 0.05) is 12.6 Å². The Bertz CT molecular complexity index is 695. The fourth-order valence-electron chi connectivity index (χ4n) is 3.32. The first-order valence-electron chi connectivity index (χ1n) is 8.61. The molecule has 1 saturated heterocycles. The van der Waals surface area contributed by atoms with Crippen LogP contribution in [-0.4, -0.2) is 28.6 Å². The number of piperidine rings is 1. The average Bonchev–Trinajstić information content (AvgIpc) is 2.99. The van der Waals surface area contributed by atoms with Crippen LogP contribution < -0.4 is 5.32 Å². The van der Waals surface area contributed by atoms with E-state index in [1.165, 1.54) is 11.1 Å². The highest BCUT2D eigenvalue weighted by molar-refractivity contribution is 5.81. The minimum absolute atomic E-state index is 0.0627. The zero-order valence-corrected chi connectivity index (χ0v) is 14.4. The van der Waals surface area contributed by atoms with Crippen molar-refractivity contribution >= 4 is 5.91 Å². The maximum Gasteiger partial charge on any atom is 0.237 e. The number of nitrogens with one attached hydrogen (secondary N) is 1. The van der Waals surface area contributed by atoms with Crippen LogP contribution in [0, 0.1) is 13.8 Å². The summed E-state index contributed by atoms with van der Waals surface area (Å²) in [5, 5.41) is 6.93. The predicted octanol–water partition coefficient (Wildman–Crippen LogP) is 2.96. The fraction of sp³-hybridized carbons (Fsp3) is 0.474. The lowest BCUT2D eigenvalue weighted by atomic mass is 10.00. The van der Waals surface area contributed by atoms with E-state index in [4.69, 9.17) is 4.52 Å². The number of rotatable bonds is 5. The highest BCUT2D eigenvalue weighted by atomic mass is 16.5. The molecule has 0 bridgehead atoms. The molecule has 0 spiro atoms. The monoisotopic (exact) mass is 327 g/mol. The number of nitrogens with zero attached hydrogens (tertiary/aromatic N) is 2. The second-order valence-corrected chi connectivity index (χ2v) is 6.62. The Morgan fingerprint density at radius 3 is 2.96 bits per heavy atom. The highest BCUT2D eigenvalue weighted by Crippen LogP contribution is 2.20. The van der Waals surface area contributed by atoms with Crippen molar-refractivity contribution in [2.75, 3.05) is 6.54 Å². The van der Waals surface area contributed by atoms with Gasteiger partial charge in [-0.05, 0) is 38.8 Å². The summed E-state index contributed by atoms with van der Waals surface area (Å²) < 4.78 is 5.04. The van der Waals surface area contributed by atoms with E-state index in [-0.39, 0.29) is 11.9 Å². The number of hydrogen-bond donors (Lipinski definition) is 1. The molecular formula is C19H25N3O2. The first kappa shape index (κ1) is 16.7. The van der Waals surface area contributed by atoms with E-state index in [1.54, 1.807) is 0 Å². The molecule has 1 atom stereocenters. The molecule has 5 nitrogen and oxygen atoms in total. The molecule has 1 aromatic carbocycles. The van der Waals surface area contributed by atoms with Crippen molar-refractivity contribution < 1.29 is 9.32 Å². The summed E-state index contributed by atoms with van der Waals surface area (Å²) in [6, 6.07) is 10.3. The summed E-state index contributed by atoms with van der Waals surface area (Å²) in [6.45, 7) is 6.16. The molecule has 1 N–H and O–H groups in total. The van der Waals surface area contributed by atoms with Crippen molar-refractivity contribution in [3.63, 3.8) is 0 Å². The third-order valence-corrected chi connectivity index (χ3v) is 4.50. The van der Waals surface area contributed by atoms with Gasteiger partial charge in [-0.2, -0.15) is 0 Å². The van der Waals surface area contributed by atoms with Gasteiger partial charge < -0.3 is 9.84 Å². The smallest absolute Gasteiger partial charge is 0.237 e. The van der Waals surface area contributed by atoms with Crippen LogP contribution in [0.4, 0.5) is 0 Å². The van der Waals surface area contributed by atoms with Gasteiger partial charge in [-0.1, -0.05) is 41.4 Å². The summed E-state index contributed by atoms with van der Waals surface area (Å²) >= 11 is 0. The Balaban J connectivity index is 1.61. The zero-order chi connectivity index (χ0) is 16.9. The van der Waals surface area contributed by atoms with Gasteiger partial charge in [0.25, 0.3) is 0 Å². The number of hydrogen-bond acceptors (Lipinski definition) is 4. The van der Waals surface area contributed by atoms with E-state index in [0.717, 1.165) is 43.8 Å². The largest absolute Gasteiger partial charge is 0.361 e. The van der Waals surface area contributed by atoms with Crippen LogP contribution in [0.5, 0.6) is 0 Å². The molecule has 1 unspecified atom stereocenters. The highest BCUT2D eigenvalue weighted by Gasteiger charge is 2.28. The minimum atomic E-state index is -0.0627. The first-order chi connectivity index (χ1) is 11.6. The Labute approximate surface area is 143 Å². The summed E-state index contributed by atoms with van der Waals surface area (Å²) in [4.78, 5) is 14.9. The lowest BCUT2D eigenvalue weighted by molar-refractivity contribution is -0.128. The van der Waals surface area contributed by atoms with Crippen LogP contribution in [0.15, 0.2) is 34.9 Å². The van der Waals surface area contributed by atoms with Crippen LogP contribution in [-0.2, 0) is 17.9 Å². The molecule has 1 aromatic heterocycles. The molecule has 2 aromatic rings. The molecule has 0 radical (unpaired) electrons. The van der Waals surface area contributed by atoms with Crippen LogP contribution in [0.3, 0.4) is 0 Å². The van der Waals surface area contributed by atoms with Crippen molar-refractivity contribution in [1.82, 2.24) is 15.4 Å². The number of amides is 1. The molecule has 0 aliphatic carbocycles. The van der Waals surface area contributed by atoms with Gasteiger partial charge in [-0.3, -0.25) is 9.69 Å². The molecule has 1 amide bonds. The van der Waals surface area contributed by atoms with Gasteiger partial charge >= 0.3 is 0 Å². The van der Waals surface area contributed by atoms with Crippen molar-refractivity contribution in [3.05, 3.63) is 52.9 Å².